The van der Waals surface area contributed by atoms with Crippen LogP contribution >= 0.6 is 0 Å². The van der Waals surface area contributed by atoms with Crippen LogP contribution in [0.15, 0.2) is 24.3 Å². The Morgan fingerprint density at radius 1 is 1.30 bits per heavy atom. The van der Waals surface area contributed by atoms with E-state index in [1.165, 1.54) is 0 Å². The predicted octanol–water partition coefficient (Wildman–Crippen LogP) is 0.629. The fourth-order valence-corrected chi connectivity index (χ4v) is 0.666. The van der Waals surface area contributed by atoms with Gasteiger partial charge in [-0.05, 0) is 12.1 Å². The van der Waals surface area contributed by atoms with E-state index < -0.39 is 0 Å². The number of rotatable bonds is 1. The van der Waals surface area contributed by atoms with Gasteiger partial charge < -0.3 is 10.5 Å². The summed E-state index contributed by atoms with van der Waals surface area (Å²) in [6, 6.07) is 7.39. The predicted molar refractivity (Wildman–Crippen MR) is 44.6 cm³/mol. The van der Waals surface area contributed by atoms with Crippen LogP contribution in [-0.2, 0) is 0 Å². The summed E-state index contributed by atoms with van der Waals surface area (Å²) in [6.45, 7) is 0. The van der Waals surface area contributed by atoms with Crippen LogP contribution in [0.25, 0.3) is 0 Å². The first-order valence-corrected chi connectivity index (χ1v) is 2.73. The molecule has 3 heteroatoms. The van der Waals surface area contributed by atoms with Crippen LogP contribution in [0.5, 0.6) is 5.75 Å². The van der Waals surface area contributed by atoms with Gasteiger partial charge >= 0.3 is 18.9 Å². The van der Waals surface area contributed by atoms with Crippen LogP contribution in [0.4, 0.5) is 5.69 Å². The molecule has 2 N–H and O–H groups in total. The van der Waals surface area contributed by atoms with Gasteiger partial charge in [0.2, 0.25) is 0 Å². The summed E-state index contributed by atoms with van der Waals surface area (Å²) < 4.78 is 4.92. The number of hydrogen-bond acceptors (Lipinski definition) is 2. The van der Waals surface area contributed by atoms with Gasteiger partial charge in [-0.25, -0.2) is 0 Å². The molecule has 0 aliphatic rings. The molecular formula is C7H10LiNO. The Hall–Kier alpha value is -0.583. The molecule has 1 aromatic carbocycles. The van der Waals surface area contributed by atoms with Gasteiger partial charge in [0.15, 0.2) is 0 Å². The molecule has 0 aliphatic heterocycles. The number of nitrogens with two attached hydrogens (primary N) is 1. The molecule has 1 aromatic rings. The molecule has 50 valence electrons. The molecule has 0 aromatic heterocycles. The summed E-state index contributed by atoms with van der Waals surface area (Å²) in [5.41, 5.74) is 6.19. The molecule has 0 heterocycles. The third kappa shape index (κ3) is 1.98. The quantitative estimate of drug-likeness (QED) is 0.448. The maximum atomic E-state index is 5.51. The zero-order chi connectivity index (χ0) is 6.69. The normalized spacial score (nSPS) is 8.10. The van der Waals surface area contributed by atoms with Crippen LogP contribution in [0.1, 0.15) is 0 Å². The molecule has 0 saturated carbocycles. The van der Waals surface area contributed by atoms with Gasteiger partial charge in [0.05, 0.1) is 12.8 Å². The van der Waals surface area contributed by atoms with Crippen LogP contribution in [0.2, 0.25) is 0 Å². The Balaban J connectivity index is 0.000000810. The Morgan fingerprint density at radius 2 is 1.90 bits per heavy atom. The number of ether oxygens (including phenoxy) is 1. The average molecular weight is 131 g/mol. The van der Waals surface area contributed by atoms with E-state index in [-0.39, 0.29) is 18.9 Å². The van der Waals surface area contributed by atoms with E-state index in [9.17, 15) is 0 Å². The molecule has 0 fully saturated rings. The van der Waals surface area contributed by atoms with Gasteiger partial charge in [0, 0.05) is 0 Å². The van der Waals surface area contributed by atoms with Crippen LogP contribution in [0.3, 0.4) is 0 Å². The van der Waals surface area contributed by atoms with Crippen molar-refractivity contribution in [2.24, 2.45) is 0 Å². The zero-order valence-electron chi connectivity index (χ0n) is 5.29. The Morgan fingerprint density at radius 3 is 2.30 bits per heavy atom. The molecule has 0 aliphatic carbocycles. The first-order chi connectivity index (χ1) is 4.34. The van der Waals surface area contributed by atoms with Crippen LogP contribution < -0.4 is 10.5 Å². The summed E-state index contributed by atoms with van der Waals surface area (Å²) in [7, 11) is 1.60. The van der Waals surface area contributed by atoms with Crippen molar-refractivity contribution >= 4 is 24.5 Å². The number of hydrogen-bond donors (Lipinski definition) is 1. The molecular weight excluding hydrogens is 121 g/mol. The third-order valence-electron chi connectivity index (χ3n) is 1.14. The molecule has 10 heavy (non-hydrogen) atoms. The molecule has 0 bridgehead atoms. The number of benzene rings is 1. The second-order valence-electron chi connectivity index (χ2n) is 1.74. The van der Waals surface area contributed by atoms with E-state index in [1.54, 1.807) is 13.2 Å². The topological polar surface area (TPSA) is 35.2 Å². The molecule has 0 unspecified atom stereocenters. The van der Waals surface area contributed by atoms with Crippen LogP contribution in [-0.4, -0.2) is 26.0 Å². The minimum atomic E-state index is 0. The summed E-state index contributed by atoms with van der Waals surface area (Å²) in [6.07, 6.45) is 0. The molecule has 0 saturated heterocycles. The van der Waals surface area contributed by atoms with Crippen molar-refractivity contribution in [1.29, 1.82) is 0 Å². The van der Waals surface area contributed by atoms with Crippen molar-refractivity contribution in [2.45, 2.75) is 0 Å². The van der Waals surface area contributed by atoms with Crippen molar-refractivity contribution in [3.05, 3.63) is 24.3 Å². The monoisotopic (exact) mass is 131 g/mol. The van der Waals surface area contributed by atoms with Crippen molar-refractivity contribution in [2.75, 3.05) is 12.8 Å². The van der Waals surface area contributed by atoms with Crippen LogP contribution in [0, 0.1) is 0 Å². The number of methoxy groups -OCH3 is 1. The Bertz CT molecular complexity index is 203. The van der Waals surface area contributed by atoms with Gasteiger partial charge in [0.1, 0.15) is 5.75 Å². The average Bonchev–Trinajstić information content (AvgIpc) is 1.89. The first kappa shape index (κ1) is 9.42. The van der Waals surface area contributed by atoms with Crippen molar-refractivity contribution in [3.8, 4) is 5.75 Å². The van der Waals surface area contributed by atoms with Gasteiger partial charge in [-0.2, -0.15) is 0 Å². The Labute approximate surface area is 72.5 Å². The summed E-state index contributed by atoms with van der Waals surface area (Å²) in [5, 5.41) is 0. The number of para-hydroxylation sites is 2. The molecule has 1 rings (SSSR count). The van der Waals surface area contributed by atoms with E-state index in [0.717, 1.165) is 5.75 Å². The van der Waals surface area contributed by atoms with Crippen molar-refractivity contribution in [1.82, 2.24) is 0 Å². The zero-order valence-corrected chi connectivity index (χ0v) is 5.29. The summed E-state index contributed by atoms with van der Waals surface area (Å²) in [5.74, 6) is 0.734. The van der Waals surface area contributed by atoms with E-state index in [0.29, 0.717) is 5.69 Å². The van der Waals surface area contributed by atoms with E-state index >= 15 is 0 Å². The fraction of sp³-hybridized carbons (Fsp3) is 0.143. The molecule has 0 radical (unpaired) electrons. The first-order valence-electron chi connectivity index (χ1n) is 2.73. The molecule has 0 amide bonds. The second-order valence-corrected chi connectivity index (χ2v) is 1.74. The van der Waals surface area contributed by atoms with Crippen molar-refractivity contribution in [3.63, 3.8) is 0 Å². The minimum absolute atomic E-state index is 0. The van der Waals surface area contributed by atoms with Gasteiger partial charge in [-0.1, -0.05) is 12.1 Å². The fourth-order valence-electron chi connectivity index (χ4n) is 0.666. The second kappa shape index (κ2) is 4.27. The SMILES string of the molecule is COc1ccccc1N.[LiH]. The number of anilines is 1. The maximum absolute atomic E-state index is 5.51. The summed E-state index contributed by atoms with van der Waals surface area (Å²) in [4.78, 5) is 0. The standard InChI is InChI=1S/C7H9NO.Li.H/c1-9-7-5-3-2-4-6(7)8;;/h2-5H,8H2,1H3;;. The van der Waals surface area contributed by atoms with Gasteiger partial charge in [-0.15, -0.1) is 0 Å². The Kier molecular flexibility index (Phi) is 4.02. The van der Waals surface area contributed by atoms with E-state index in [2.05, 4.69) is 0 Å². The molecule has 2 nitrogen and oxygen atoms in total. The van der Waals surface area contributed by atoms with E-state index in [4.69, 9.17) is 10.5 Å². The van der Waals surface area contributed by atoms with Gasteiger partial charge in [0.25, 0.3) is 0 Å². The summed E-state index contributed by atoms with van der Waals surface area (Å²) >= 11 is 0. The molecule has 0 spiro atoms. The van der Waals surface area contributed by atoms with E-state index in [1.807, 2.05) is 18.2 Å². The number of nitrogen functional groups attached to an aromatic ring is 1. The van der Waals surface area contributed by atoms with Crippen molar-refractivity contribution < 1.29 is 4.74 Å². The third-order valence-corrected chi connectivity index (χ3v) is 1.14. The van der Waals surface area contributed by atoms with Gasteiger partial charge in [-0.3, -0.25) is 0 Å². The molecule has 0 atom stereocenters.